The van der Waals surface area contributed by atoms with E-state index in [2.05, 4.69) is 4.98 Å². The quantitative estimate of drug-likeness (QED) is 0.784. The first kappa shape index (κ1) is 13.7. The molecule has 1 aromatic heterocycles. The largest absolute Gasteiger partial charge is 0.489 e. The van der Waals surface area contributed by atoms with Gasteiger partial charge in [-0.1, -0.05) is 17.7 Å². The van der Waals surface area contributed by atoms with Gasteiger partial charge in [-0.2, -0.15) is 13.2 Å². The summed E-state index contributed by atoms with van der Waals surface area (Å²) in [6.07, 6.45) is -2.80. The van der Waals surface area contributed by atoms with E-state index in [1.165, 1.54) is 12.1 Å². The molecule has 0 N–H and O–H groups in total. The molecular formula is C13H9ClF3NO. The maximum absolute atomic E-state index is 12.4. The lowest BCUT2D eigenvalue weighted by Gasteiger charge is -2.09. The van der Waals surface area contributed by atoms with Crippen LogP contribution >= 0.6 is 11.6 Å². The van der Waals surface area contributed by atoms with Crippen LogP contribution in [-0.4, -0.2) is 4.98 Å². The van der Waals surface area contributed by atoms with Gasteiger partial charge < -0.3 is 4.74 Å². The summed E-state index contributed by atoms with van der Waals surface area (Å²) in [5, 5.41) is 0.314. The maximum atomic E-state index is 12.4. The van der Waals surface area contributed by atoms with Crippen molar-refractivity contribution in [3.8, 4) is 5.75 Å². The minimum absolute atomic E-state index is 0.151. The SMILES string of the molecule is FC(F)(F)c1ccc(OCc2cccnc2Cl)cc1. The van der Waals surface area contributed by atoms with E-state index >= 15 is 0 Å². The first-order valence-corrected chi connectivity index (χ1v) is 5.74. The van der Waals surface area contributed by atoms with Crippen molar-refractivity contribution in [1.29, 1.82) is 0 Å². The molecule has 0 aliphatic carbocycles. The Labute approximate surface area is 112 Å². The smallest absolute Gasteiger partial charge is 0.416 e. The van der Waals surface area contributed by atoms with Crippen molar-refractivity contribution in [2.24, 2.45) is 0 Å². The van der Waals surface area contributed by atoms with Crippen molar-refractivity contribution in [2.75, 3.05) is 0 Å². The highest BCUT2D eigenvalue weighted by atomic mass is 35.5. The predicted octanol–water partition coefficient (Wildman–Crippen LogP) is 4.33. The third kappa shape index (κ3) is 3.61. The number of hydrogen-bond donors (Lipinski definition) is 0. The fourth-order valence-electron chi connectivity index (χ4n) is 1.43. The molecule has 0 amide bonds. The van der Waals surface area contributed by atoms with Crippen LogP contribution in [0.4, 0.5) is 13.2 Å². The summed E-state index contributed by atoms with van der Waals surface area (Å²) < 4.78 is 42.4. The number of hydrogen-bond acceptors (Lipinski definition) is 2. The monoisotopic (exact) mass is 287 g/mol. The van der Waals surface area contributed by atoms with E-state index in [4.69, 9.17) is 16.3 Å². The second kappa shape index (κ2) is 5.48. The molecule has 0 spiro atoms. The highest BCUT2D eigenvalue weighted by molar-refractivity contribution is 6.30. The van der Waals surface area contributed by atoms with E-state index in [0.717, 1.165) is 12.1 Å². The average Bonchev–Trinajstić information content (AvgIpc) is 2.37. The normalized spacial score (nSPS) is 11.4. The number of ether oxygens (including phenoxy) is 1. The molecule has 2 nitrogen and oxygen atoms in total. The Morgan fingerprint density at radius 3 is 2.37 bits per heavy atom. The molecule has 0 saturated carbocycles. The predicted molar refractivity (Wildman–Crippen MR) is 65.0 cm³/mol. The van der Waals surface area contributed by atoms with E-state index in [1.807, 2.05) is 0 Å². The van der Waals surface area contributed by atoms with Crippen LogP contribution in [0.3, 0.4) is 0 Å². The van der Waals surface area contributed by atoms with Crippen LogP contribution in [0.15, 0.2) is 42.6 Å². The summed E-state index contributed by atoms with van der Waals surface area (Å²) in [5.41, 5.74) is -0.0386. The summed E-state index contributed by atoms with van der Waals surface area (Å²) >= 11 is 5.84. The van der Waals surface area contributed by atoms with Gasteiger partial charge in [-0.25, -0.2) is 4.98 Å². The molecule has 0 aliphatic heterocycles. The lowest BCUT2D eigenvalue weighted by atomic mass is 10.2. The van der Waals surface area contributed by atoms with Crippen molar-refractivity contribution >= 4 is 11.6 Å². The fourth-order valence-corrected chi connectivity index (χ4v) is 1.60. The van der Waals surface area contributed by atoms with Gasteiger partial charge in [-0.05, 0) is 30.3 Å². The molecule has 2 rings (SSSR count). The zero-order chi connectivity index (χ0) is 13.9. The summed E-state index contributed by atoms with van der Waals surface area (Å²) in [6.45, 7) is 0.151. The minimum atomic E-state index is -4.34. The summed E-state index contributed by atoms with van der Waals surface area (Å²) in [6, 6.07) is 7.93. The van der Waals surface area contributed by atoms with Gasteiger partial charge in [0.1, 0.15) is 17.5 Å². The van der Waals surface area contributed by atoms with Gasteiger partial charge in [0.15, 0.2) is 0 Å². The van der Waals surface area contributed by atoms with E-state index in [9.17, 15) is 13.2 Å². The van der Waals surface area contributed by atoms with Gasteiger partial charge in [0.2, 0.25) is 0 Å². The third-order valence-electron chi connectivity index (χ3n) is 2.41. The Kier molecular flexibility index (Phi) is 3.95. The van der Waals surface area contributed by atoms with Crippen LogP contribution in [0.2, 0.25) is 5.15 Å². The third-order valence-corrected chi connectivity index (χ3v) is 2.75. The Hall–Kier alpha value is -1.75. The molecule has 19 heavy (non-hydrogen) atoms. The van der Waals surface area contributed by atoms with Crippen LogP contribution < -0.4 is 4.74 Å². The van der Waals surface area contributed by atoms with Crippen molar-refractivity contribution in [3.63, 3.8) is 0 Å². The standard InChI is InChI=1S/C13H9ClF3NO/c14-12-9(2-1-7-18-12)8-19-11-5-3-10(4-6-11)13(15,16)17/h1-7H,8H2. The zero-order valence-electron chi connectivity index (χ0n) is 9.62. The minimum Gasteiger partial charge on any atom is -0.489 e. The van der Waals surface area contributed by atoms with Crippen LogP contribution in [0.25, 0.3) is 0 Å². The molecule has 0 bridgehead atoms. The average molecular weight is 288 g/mol. The number of rotatable bonds is 3. The molecule has 1 heterocycles. The Bertz CT molecular complexity index is 555. The Balaban J connectivity index is 2.03. The number of benzene rings is 1. The number of halogens is 4. The first-order chi connectivity index (χ1) is 8.97. The Morgan fingerprint density at radius 1 is 1.11 bits per heavy atom. The van der Waals surface area contributed by atoms with Crippen molar-refractivity contribution in [1.82, 2.24) is 4.98 Å². The number of pyridine rings is 1. The van der Waals surface area contributed by atoms with Crippen LogP contribution in [0, 0.1) is 0 Å². The Morgan fingerprint density at radius 2 is 1.79 bits per heavy atom. The van der Waals surface area contributed by atoms with E-state index in [1.54, 1.807) is 18.3 Å². The summed E-state index contributed by atoms with van der Waals surface area (Å²) in [7, 11) is 0. The molecule has 2 aromatic rings. The first-order valence-electron chi connectivity index (χ1n) is 5.36. The van der Waals surface area contributed by atoms with Gasteiger partial charge >= 0.3 is 6.18 Å². The number of aromatic nitrogens is 1. The maximum Gasteiger partial charge on any atom is 0.416 e. The molecule has 0 fully saturated rings. The molecule has 0 atom stereocenters. The van der Waals surface area contributed by atoms with Gasteiger partial charge in [0.25, 0.3) is 0 Å². The van der Waals surface area contributed by atoms with E-state index in [0.29, 0.717) is 16.5 Å². The molecule has 1 aromatic carbocycles. The van der Waals surface area contributed by atoms with Crippen molar-refractivity contribution in [3.05, 3.63) is 58.9 Å². The lowest BCUT2D eigenvalue weighted by Crippen LogP contribution is -2.04. The highest BCUT2D eigenvalue weighted by Crippen LogP contribution is 2.30. The van der Waals surface area contributed by atoms with Crippen LogP contribution in [-0.2, 0) is 12.8 Å². The molecule has 0 aliphatic rings. The van der Waals surface area contributed by atoms with E-state index < -0.39 is 11.7 Å². The number of alkyl halides is 3. The highest BCUT2D eigenvalue weighted by Gasteiger charge is 2.29. The second-order valence-corrected chi connectivity index (χ2v) is 4.12. The summed E-state index contributed by atoms with van der Waals surface area (Å²) in [5.74, 6) is 0.341. The van der Waals surface area contributed by atoms with Crippen molar-refractivity contribution in [2.45, 2.75) is 12.8 Å². The molecular weight excluding hydrogens is 279 g/mol. The zero-order valence-corrected chi connectivity index (χ0v) is 10.4. The molecule has 6 heteroatoms. The van der Waals surface area contributed by atoms with Gasteiger partial charge in [0.05, 0.1) is 5.56 Å². The van der Waals surface area contributed by atoms with E-state index in [-0.39, 0.29) is 6.61 Å². The van der Waals surface area contributed by atoms with Crippen LogP contribution in [0.5, 0.6) is 5.75 Å². The summed E-state index contributed by atoms with van der Waals surface area (Å²) in [4.78, 5) is 3.87. The van der Waals surface area contributed by atoms with Crippen molar-refractivity contribution < 1.29 is 17.9 Å². The molecule has 100 valence electrons. The van der Waals surface area contributed by atoms with Gasteiger partial charge in [-0.15, -0.1) is 0 Å². The fraction of sp³-hybridized carbons (Fsp3) is 0.154. The van der Waals surface area contributed by atoms with Crippen LogP contribution in [0.1, 0.15) is 11.1 Å². The number of nitrogens with zero attached hydrogens (tertiary/aromatic N) is 1. The topological polar surface area (TPSA) is 22.1 Å². The molecule has 0 radical (unpaired) electrons. The molecule has 0 saturated heterocycles. The van der Waals surface area contributed by atoms with Gasteiger partial charge in [0, 0.05) is 11.8 Å². The second-order valence-electron chi connectivity index (χ2n) is 3.76. The van der Waals surface area contributed by atoms with Gasteiger partial charge in [-0.3, -0.25) is 0 Å². The lowest BCUT2D eigenvalue weighted by molar-refractivity contribution is -0.137. The molecule has 0 unspecified atom stereocenters.